The molecule has 5 rings (SSSR count). The van der Waals surface area contributed by atoms with Crippen molar-refractivity contribution < 1.29 is 0 Å². The topological polar surface area (TPSA) is 13.0 Å². The lowest BCUT2D eigenvalue weighted by atomic mass is 9.89. The molecule has 4 bridgehead atoms. The average molecular weight is 383 g/mol. The van der Waals surface area contributed by atoms with Crippen molar-refractivity contribution in [2.24, 2.45) is 0 Å². The second-order valence-corrected chi connectivity index (χ2v) is 8.69. The fourth-order valence-corrected chi connectivity index (χ4v) is 4.53. The lowest BCUT2D eigenvalue weighted by Crippen LogP contribution is -2.29. The minimum atomic E-state index is 1.07. The Morgan fingerprint density at radius 1 is 0.500 bits per heavy atom. The standard InChI is InChI=1S/C24H38N4/c1-25-13-5-9-21-17-24-12-8-16-28(4)20-27(3)15-7-11-22(21)18-23(24)10-6-14-26(2)19-25/h17-18H,5-16H2,1-4H3. The van der Waals surface area contributed by atoms with Gasteiger partial charge in [-0.05, 0) is 102 Å². The normalized spacial score (nSPS) is 23.3. The van der Waals surface area contributed by atoms with Gasteiger partial charge in [0.2, 0.25) is 0 Å². The smallest absolute Gasteiger partial charge is 0.145 e. The first kappa shape index (κ1) is 21.8. The lowest BCUT2D eigenvalue weighted by Gasteiger charge is -2.22. The van der Waals surface area contributed by atoms with Crippen LogP contribution in [0.5, 0.6) is 0 Å². The van der Waals surface area contributed by atoms with Crippen molar-refractivity contribution in [1.29, 1.82) is 0 Å². The van der Waals surface area contributed by atoms with Gasteiger partial charge in [0, 0.05) is 26.2 Å². The van der Waals surface area contributed by atoms with E-state index >= 15 is 0 Å². The molecular weight excluding hydrogens is 344 g/mol. The first-order valence-corrected chi connectivity index (χ1v) is 11.0. The summed E-state index contributed by atoms with van der Waals surface area (Å²) in [6, 6.07) is 5.13. The van der Waals surface area contributed by atoms with Crippen molar-refractivity contribution >= 4 is 0 Å². The summed E-state index contributed by atoms with van der Waals surface area (Å²) in [7, 11) is 8.61. The van der Waals surface area contributed by atoms with Gasteiger partial charge in [-0.2, -0.15) is 0 Å². The Labute approximate surface area is 173 Å². The average Bonchev–Trinajstić information content (AvgIpc) is 2.65. The first-order valence-electron chi connectivity index (χ1n) is 11.0. The molecule has 4 heterocycles. The maximum Gasteiger partial charge on any atom is 0.145 e. The summed E-state index contributed by atoms with van der Waals surface area (Å²) < 4.78 is 0. The Balaban J connectivity index is 1.86. The summed E-state index contributed by atoms with van der Waals surface area (Å²) in [5.41, 5.74) is 6.34. The number of rotatable bonds is 0. The quantitative estimate of drug-likeness (QED) is 0.683. The van der Waals surface area contributed by atoms with Crippen LogP contribution in [0.3, 0.4) is 0 Å². The molecule has 0 saturated carbocycles. The van der Waals surface area contributed by atoms with Gasteiger partial charge in [0.15, 0.2) is 0 Å². The fraction of sp³-hybridized carbons (Fsp3) is 0.667. The monoisotopic (exact) mass is 382 g/mol. The van der Waals surface area contributed by atoms with Crippen LogP contribution in [0, 0.1) is 13.3 Å². The summed E-state index contributed by atoms with van der Waals surface area (Å²) in [6.07, 6.45) is 9.44. The Hall–Kier alpha value is -0.940. The highest BCUT2D eigenvalue weighted by atomic mass is 15.3. The Morgan fingerprint density at radius 2 is 0.750 bits per heavy atom. The third-order valence-corrected chi connectivity index (χ3v) is 5.96. The Morgan fingerprint density at radius 3 is 1.00 bits per heavy atom. The van der Waals surface area contributed by atoms with Crippen molar-refractivity contribution in [3.8, 4) is 0 Å². The number of benzene rings is 1. The molecule has 0 fully saturated rings. The number of aryl methyl sites for hydroxylation is 4. The number of nitrogens with zero attached hydrogens (tertiary/aromatic N) is 4. The second kappa shape index (κ2) is 10.7. The van der Waals surface area contributed by atoms with Crippen LogP contribution in [0.2, 0.25) is 0 Å². The molecule has 0 saturated heterocycles. The van der Waals surface area contributed by atoms with Gasteiger partial charge in [-0.3, -0.25) is 19.6 Å². The van der Waals surface area contributed by atoms with Crippen molar-refractivity contribution in [3.05, 3.63) is 47.7 Å². The SMILES string of the molecule is CN1[C]N(C)CCCc2cc3c(cc2CCCN(C)[C]N(C)CCC3)CCC1. The van der Waals surface area contributed by atoms with Crippen LogP contribution in [0.1, 0.15) is 47.9 Å². The van der Waals surface area contributed by atoms with Gasteiger partial charge in [0.05, 0.1) is 0 Å². The zero-order chi connectivity index (χ0) is 19.9. The summed E-state index contributed by atoms with van der Waals surface area (Å²) in [6.45, 7) is 11.2. The van der Waals surface area contributed by atoms with Crippen LogP contribution in [0.4, 0.5) is 0 Å². The van der Waals surface area contributed by atoms with E-state index in [9.17, 15) is 0 Å². The number of hydrogen-bond acceptors (Lipinski definition) is 4. The molecule has 28 heavy (non-hydrogen) atoms. The van der Waals surface area contributed by atoms with Crippen molar-refractivity contribution in [2.45, 2.75) is 51.4 Å². The summed E-state index contributed by atoms with van der Waals surface area (Å²) in [4.78, 5) is 8.91. The predicted molar refractivity (Wildman–Crippen MR) is 117 cm³/mol. The van der Waals surface area contributed by atoms with Crippen LogP contribution in [-0.2, 0) is 25.7 Å². The van der Waals surface area contributed by atoms with E-state index in [0.29, 0.717) is 0 Å². The lowest BCUT2D eigenvalue weighted by molar-refractivity contribution is 0.251. The fourth-order valence-electron chi connectivity index (χ4n) is 4.53. The van der Waals surface area contributed by atoms with Crippen molar-refractivity contribution in [1.82, 2.24) is 19.6 Å². The predicted octanol–water partition coefficient (Wildman–Crippen LogP) is 3.16. The molecule has 0 atom stereocenters. The van der Waals surface area contributed by atoms with Crippen molar-refractivity contribution in [2.75, 3.05) is 54.4 Å². The van der Waals surface area contributed by atoms with Crippen molar-refractivity contribution in [3.63, 3.8) is 0 Å². The van der Waals surface area contributed by atoms with E-state index in [1.165, 1.54) is 51.4 Å². The third-order valence-electron chi connectivity index (χ3n) is 5.96. The van der Waals surface area contributed by atoms with Gasteiger partial charge in [-0.1, -0.05) is 12.1 Å². The van der Waals surface area contributed by atoms with E-state index in [1.807, 2.05) is 0 Å². The van der Waals surface area contributed by atoms with Gasteiger partial charge < -0.3 is 0 Å². The van der Waals surface area contributed by atoms with Gasteiger partial charge in [0.25, 0.3) is 0 Å². The summed E-state index contributed by atoms with van der Waals surface area (Å²) in [5.74, 6) is 0. The van der Waals surface area contributed by atoms with E-state index in [4.69, 9.17) is 0 Å². The van der Waals surface area contributed by atoms with E-state index in [-0.39, 0.29) is 0 Å². The highest BCUT2D eigenvalue weighted by Crippen LogP contribution is 2.24. The molecule has 1 aromatic rings. The van der Waals surface area contributed by atoms with Gasteiger partial charge in [0.1, 0.15) is 13.3 Å². The molecule has 0 unspecified atom stereocenters. The molecule has 0 spiro atoms. The van der Waals surface area contributed by atoms with Crippen LogP contribution in [-0.4, -0.2) is 74.0 Å². The molecule has 1 aromatic carbocycles. The molecular formula is C24H38N4. The molecule has 4 heteroatoms. The molecule has 0 N–H and O–H groups in total. The zero-order valence-electron chi connectivity index (χ0n) is 18.4. The molecule has 4 radical (unpaired) electrons. The highest BCUT2D eigenvalue weighted by molar-refractivity contribution is 5.39. The second-order valence-electron chi connectivity index (χ2n) is 8.69. The zero-order valence-corrected chi connectivity index (χ0v) is 18.4. The van der Waals surface area contributed by atoms with Crippen LogP contribution in [0.15, 0.2) is 12.1 Å². The Bertz CT molecular complexity index is 515. The first-order chi connectivity index (χ1) is 13.5. The molecule has 4 nitrogen and oxygen atoms in total. The number of fused-ring (bicyclic) bond motifs is 16. The molecule has 4 aliphatic heterocycles. The molecule has 4 aliphatic rings. The minimum Gasteiger partial charge on any atom is -0.283 e. The van der Waals surface area contributed by atoms with E-state index < -0.39 is 0 Å². The molecule has 0 aliphatic carbocycles. The molecule has 154 valence electrons. The summed E-state index contributed by atoms with van der Waals surface area (Å²) >= 11 is 0. The molecule has 0 amide bonds. The minimum absolute atomic E-state index is 1.07. The van der Waals surface area contributed by atoms with Gasteiger partial charge >= 0.3 is 0 Å². The largest absolute Gasteiger partial charge is 0.283 e. The van der Waals surface area contributed by atoms with E-state index in [1.54, 1.807) is 22.3 Å². The summed E-state index contributed by atoms with van der Waals surface area (Å²) in [5, 5.41) is 0. The Kier molecular flexibility index (Phi) is 8.34. The van der Waals surface area contributed by atoms with Gasteiger partial charge in [-0.25, -0.2) is 0 Å². The van der Waals surface area contributed by atoms with Crippen LogP contribution < -0.4 is 0 Å². The van der Waals surface area contributed by atoms with Crippen LogP contribution >= 0.6 is 0 Å². The number of hydrogen-bond donors (Lipinski definition) is 0. The van der Waals surface area contributed by atoms with E-state index in [2.05, 4.69) is 73.3 Å². The molecule has 0 aromatic heterocycles. The van der Waals surface area contributed by atoms with Gasteiger partial charge in [-0.15, -0.1) is 0 Å². The maximum atomic E-state index is 3.48. The highest BCUT2D eigenvalue weighted by Gasteiger charge is 2.15. The van der Waals surface area contributed by atoms with Crippen LogP contribution in [0.25, 0.3) is 0 Å². The maximum absolute atomic E-state index is 3.48. The van der Waals surface area contributed by atoms with E-state index in [0.717, 1.165) is 26.2 Å². The third kappa shape index (κ3) is 6.55.